The quantitative estimate of drug-likeness (QED) is 0.393. The molecule has 0 spiro atoms. The molecule has 10 heteroatoms. The summed E-state index contributed by atoms with van der Waals surface area (Å²) < 4.78 is 1.11. The van der Waals surface area contributed by atoms with Gasteiger partial charge in [0.25, 0.3) is 0 Å². The number of fused-ring (bicyclic) bond motifs is 1. The molecule has 0 radical (unpaired) electrons. The second-order valence-corrected chi connectivity index (χ2v) is 9.11. The molecule has 0 saturated carbocycles. The normalized spacial score (nSPS) is 20.8. The van der Waals surface area contributed by atoms with Crippen molar-refractivity contribution in [1.29, 1.82) is 0 Å². The van der Waals surface area contributed by atoms with Crippen LogP contribution in [0.4, 0.5) is 11.6 Å². The maximum Gasteiger partial charge on any atom is 0.223 e. The Labute approximate surface area is 184 Å². The van der Waals surface area contributed by atoms with Gasteiger partial charge in [-0.05, 0) is 49.6 Å². The first kappa shape index (κ1) is 21.6. The van der Waals surface area contributed by atoms with Crippen molar-refractivity contribution >= 4 is 39.0 Å². The summed E-state index contributed by atoms with van der Waals surface area (Å²) in [6.45, 7) is 6.24. The molecule has 2 atom stereocenters. The van der Waals surface area contributed by atoms with Gasteiger partial charge in [0.05, 0.1) is 16.1 Å². The maximum absolute atomic E-state index is 11.3. The molecule has 1 aliphatic heterocycles. The summed E-state index contributed by atoms with van der Waals surface area (Å²) in [6, 6.07) is 9.73. The van der Waals surface area contributed by atoms with Gasteiger partial charge in [0.2, 0.25) is 11.9 Å². The third-order valence-corrected chi connectivity index (χ3v) is 6.53. The van der Waals surface area contributed by atoms with E-state index in [0.29, 0.717) is 19.0 Å². The van der Waals surface area contributed by atoms with Crippen LogP contribution in [0.5, 0.6) is 0 Å². The number of benzene rings is 1. The molecular weight excluding hydrogens is 416 g/mol. The number of aliphatic hydroxyl groups excluding tert-OH is 2. The summed E-state index contributed by atoms with van der Waals surface area (Å²) in [5, 5.41) is 29.9. The van der Waals surface area contributed by atoms with Crippen molar-refractivity contribution in [2.75, 3.05) is 23.7 Å². The fraction of sp³-hybridized carbons (Fsp3) is 0.381. The molecular formula is C21H26N6O3S. The van der Waals surface area contributed by atoms with E-state index in [4.69, 9.17) is 0 Å². The van der Waals surface area contributed by atoms with Crippen LogP contribution in [0.15, 0.2) is 36.5 Å². The van der Waals surface area contributed by atoms with Gasteiger partial charge in [-0.25, -0.2) is 9.97 Å². The van der Waals surface area contributed by atoms with Gasteiger partial charge in [0.1, 0.15) is 6.23 Å². The van der Waals surface area contributed by atoms with E-state index < -0.39 is 18.1 Å². The fourth-order valence-corrected chi connectivity index (χ4v) is 4.65. The summed E-state index contributed by atoms with van der Waals surface area (Å²) in [6.07, 6.45) is -0.00115. The van der Waals surface area contributed by atoms with Gasteiger partial charge in [-0.1, -0.05) is 0 Å². The minimum absolute atomic E-state index is 0.101. The SMILES string of the molecule is CC(=O)Nc1ccc2sc(-c3ccnc(NCCN4C(O)NC(O)C4(C)C)n3)cc2c1. The third-order valence-electron chi connectivity index (χ3n) is 5.39. The summed E-state index contributed by atoms with van der Waals surface area (Å²) >= 11 is 1.62. The highest BCUT2D eigenvalue weighted by Gasteiger charge is 2.45. The number of hydrogen-bond acceptors (Lipinski definition) is 9. The molecule has 3 aromatic rings. The van der Waals surface area contributed by atoms with Crippen molar-refractivity contribution in [3.8, 4) is 10.6 Å². The first-order chi connectivity index (χ1) is 14.7. The number of anilines is 2. The van der Waals surface area contributed by atoms with E-state index in [-0.39, 0.29) is 5.91 Å². The second kappa shape index (κ2) is 8.48. The zero-order valence-corrected chi connectivity index (χ0v) is 18.4. The Morgan fingerprint density at radius 2 is 2.10 bits per heavy atom. The van der Waals surface area contributed by atoms with Crippen LogP contribution in [0.2, 0.25) is 0 Å². The van der Waals surface area contributed by atoms with Crippen LogP contribution in [0.3, 0.4) is 0 Å². The number of carbonyl (C=O) groups is 1. The number of rotatable bonds is 6. The van der Waals surface area contributed by atoms with E-state index in [2.05, 4.69) is 25.9 Å². The van der Waals surface area contributed by atoms with Crippen LogP contribution in [-0.4, -0.2) is 62.2 Å². The Balaban J connectivity index is 1.45. The lowest BCUT2D eigenvalue weighted by Gasteiger charge is -2.33. The predicted octanol–water partition coefficient (Wildman–Crippen LogP) is 2.01. The first-order valence-electron chi connectivity index (χ1n) is 10.0. The lowest BCUT2D eigenvalue weighted by atomic mass is 10.0. The van der Waals surface area contributed by atoms with Gasteiger partial charge < -0.3 is 20.8 Å². The summed E-state index contributed by atoms with van der Waals surface area (Å²) in [4.78, 5) is 23.0. The second-order valence-electron chi connectivity index (χ2n) is 8.03. The van der Waals surface area contributed by atoms with Gasteiger partial charge >= 0.3 is 0 Å². The Bertz CT molecular complexity index is 1100. The van der Waals surface area contributed by atoms with E-state index in [1.165, 1.54) is 6.92 Å². The number of hydrogen-bond donors (Lipinski definition) is 5. The molecule has 2 aromatic heterocycles. The largest absolute Gasteiger partial charge is 0.377 e. The predicted molar refractivity (Wildman–Crippen MR) is 122 cm³/mol. The minimum Gasteiger partial charge on any atom is -0.377 e. The molecule has 9 nitrogen and oxygen atoms in total. The summed E-state index contributed by atoms with van der Waals surface area (Å²) in [5.74, 6) is 0.394. The third kappa shape index (κ3) is 4.53. The maximum atomic E-state index is 11.3. The summed E-state index contributed by atoms with van der Waals surface area (Å²) in [5.41, 5.74) is 0.983. The monoisotopic (exact) mass is 442 g/mol. The number of nitrogens with one attached hydrogen (secondary N) is 3. The minimum atomic E-state index is -0.903. The van der Waals surface area contributed by atoms with E-state index in [1.807, 2.05) is 44.2 Å². The molecule has 4 rings (SSSR count). The van der Waals surface area contributed by atoms with Crippen LogP contribution in [-0.2, 0) is 4.79 Å². The van der Waals surface area contributed by atoms with Crippen molar-refractivity contribution in [2.45, 2.75) is 38.9 Å². The standard InChI is InChI=1S/C21H26N6O3S/c1-12(28)24-14-4-5-16-13(10-14)11-17(31-16)15-6-7-22-19(25-15)23-8-9-27-20(30)26-18(29)21(27,2)3/h4-7,10-11,18,20,26,29-30H,8-9H2,1-3H3,(H,24,28)(H,22,23,25). The lowest BCUT2D eigenvalue weighted by molar-refractivity contribution is -0.114. The van der Waals surface area contributed by atoms with Gasteiger partial charge in [-0.2, -0.15) is 0 Å². The zero-order valence-electron chi connectivity index (χ0n) is 17.6. The van der Waals surface area contributed by atoms with Crippen molar-refractivity contribution in [3.63, 3.8) is 0 Å². The van der Waals surface area contributed by atoms with Crippen LogP contribution in [0.1, 0.15) is 20.8 Å². The highest BCUT2D eigenvalue weighted by atomic mass is 32.1. The highest BCUT2D eigenvalue weighted by molar-refractivity contribution is 7.22. The van der Waals surface area contributed by atoms with Crippen LogP contribution in [0, 0.1) is 0 Å². The molecule has 3 heterocycles. The van der Waals surface area contributed by atoms with Crippen molar-refractivity contribution in [1.82, 2.24) is 20.2 Å². The molecule has 2 unspecified atom stereocenters. The topological polar surface area (TPSA) is 123 Å². The van der Waals surface area contributed by atoms with E-state index >= 15 is 0 Å². The molecule has 1 aromatic carbocycles. The number of carbonyl (C=O) groups excluding carboxylic acids is 1. The average Bonchev–Trinajstić information content (AvgIpc) is 3.21. The lowest BCUT2D eigenvalue weighted by Crippen LogP contribution is -2.49. The molecule has 31 heavy (non-hydrogen) atoms. The molecule has 1 aliphatic rings. The van der Waals surface area contributed by atoms with Crippen molar-refractivity contribution in [3.05, 3.63) is 36.5 Å². The smallest absolute Gasteiger partial charge is 0.223 e. The summed E-state index contributed by atoms with van der Waals surface area (Å²) in [7, 11) is 0. The van der Waals surface area contributed by atoms with E-state index in [9.17, 15) is 15.0 Å². The number of aliphatic hydroxyl groups is 2. The van der Waals surface area contributed by atoms with E-state index in [1.54, 1.807) is 22.4 Å². The molecule has 1 fully saturated rings. The van der Waals surface area contributed by atoms with Crippen molar-refractivity contribution < 1.29 is 15.0 Å². The number of nitrogens with zero attached hydrogens (tertiary/aromatic N) is 3. The van der Waals surface area contributed by atoms with Gasteiger partial charge in [0.15, 0.2) is 6.35 Å². The van der Waals surface area contributed by atoms with Crippen molar-refractivity contribution in [2.24, 2.45) is 0 Å². The zero-order chi connectivity index (χ0) is 22.2. The fourth-order valence-electron chi connectivity index (χ4n) is 3.64. The molecule has 164 valence electrons. The molecule has 5 N–H and O–H groups in total. The van der Waals surface area contributed by atoms with Gasteiger partial charge in [0, 0.05) is 36.6 Å². The Morgan fingerprint density at radius 1 is 1.29 bits per heavy atom. The Kier molecular flexibility index (Phi) is 5.91. The number of aromatic nitrogens is 2. The van der Waals surface area contributed by atoms with Crippen LogP contribution in [0.25, 0.3) is 20.7 Å². The van der Waals surface area contributed by atoms with Gasteiger partial charge in [-0.15, -0.1) is 11.3 Å². The number of thiophene rings is 1. The Morgan fingerprint density at radius 3 is 2.81 bits per heavy atom. The van der Waals surface area contributed by atoms with Gasteiger partial charge in [-0.3, -0.25) is 15.0 Å². The Hall–Kier alpha value is -2.63. The number of amides is 1. The van der Waals surface area contributed by atoms with E-state index in [0.717, 1.165) is 26.3 Å². The van der Waals surface area contributed by atoms with Crippen LogP contribution >= 0.6 is 11.3 Å². The molecule has 0 aliphatic carbocycles. The molecule has 0 bridgehead atoms. The highest BCUT2D eigenvalue weighted by Crippen LogP contribution is 2.34. The average molecular weight is 443 g/mol. The first-order valence-corrected chi connectivity index (χ1v) is 10.8. The molecule has 1 amide bonds. The van der Waals surface area contributed by atoms with Crippen LogP contribution < -0.4 is 16.0 Å². The molecule has 1 saturated heterocycles.